The van der Waals surface area contributed by atoms with Gasteiger partial charge in [-0.05, 0) is 32.0 Å². The number of esters is 1. The lowest BCUT2D eigenvalue weighted by atomic mass is 10.1. The van der Waals surface area contributed by atoms with E-state index in [1.165, 1.54) is 7.11 Å². The van der Waals surface area contributed by atoms with Gasteiger partial charge in [-0.1, -0.05) is 0 Å². The highest BCUT2D eigenvalue weighted by Gasteiger charge is 2.15. The zero-order valence-electron chi connectivity index (χ0n) is 11.4. The summed E-state index contributed by atoms with van der Waals surface area (Å²) in [6.45, 7) is 4.69. The van der Waals surface area contributed by atoms with Crippen LogP contribution in [0.4, 0.5) is 0 Å². The molecule has 0 bridgehead atoms. The molecule has 0 N–H and O–H groups in total. The van der Waals surface area contributed by atoms with Crippen molar-refractivity contribution in [3.8, 4) is 11.5 Å². The third kappa shape index (κ3) is 4.28. The fourth-order valence-corrected chi connectivity index (χ4v) is 1.53. The summed E-state index contributed by atoms with van der Waals surface area (Å²) in [5, 5.41) is 0. The molecule has 0 atom stereocenters. The van der Waals surface area contributed by atoms with E-state index < -0.39 is 5.97 Å². The molecule has 104 valence electrons. The number of hydrogen-bond acceptors (Lipinski definition) is 5. The van der Waals surface area contributed by atoms with Crippen molar-refractivity contribution in [2.45, 2.75) is 20.3 Å². The van der Waals surface area contributed by atoms with Crippen molar-refractivity contribution in [2.24, 2.45) is 0 Å². The Bertz CT molecular complexity index is 453. The normalized spacial score (nSPS) is 9.84. The summed E-state index contributed by atoms with van der Waals surface area (Å²) in [7, 11) is 1.25. The first kappa shape index (κ1) is 15.0. The molecule has 0 unspecified atom stereocenters. The van der Waals surface area contributed by atoms with Crippen LogP contribution in [0.3, 0.4) is 0 Å². The maximum atomic E-state index is 11.8. The molecule has 5 heteroatoms. The first-order valence-corrected chi connectivity index (χ1v) is 6.12. The van der Waals surface area contributed by atoms with Gasteiger partial charge in [-0.3, -0.25) is 9.59 Å². The fourth-order valence-electron chi connectivity index (χ4n) is 1.53. The van der Waals surface area contributed by atoms with E-state index in [4.69, 9.17) is 9.47 Å². The van der Waals surface area contributed by atoms with Gasteiger partial charge in [-0.15, -0.1) is 0 Å². The minimum Gasteiger partial charge on any atom is -0.490 e. The number of ether oxygens (including phenoxy) is 3. The molecule has 1 rings (SSSR count). The number of benzene rings is 1. The largest absolute Gasteiger partial charge is 0.490 e. The van der Waals surface area contributed by atoms with Gasteiger partial charge in [0.15, 0.2) is 17.3 Å². The monoisotopic (exact) mass is 266 g/mol. The van der Waals surface area contributed by atoms with Crippen molar-refractivity contribution in [1.29, 1.82) is 0 Å². The summed E-state index contributed by atoms with van der Waals surface area (Å²) >= 11 is 0. The minimum absolute atomic E-state index is 0.282. The summed E-state index contributed by atoms with van der Waals surface area (Å²) in [5.41, 5.74) is 0.400. The summed E-state index contributed by atoms with van der Waals surface area (Å²) in [6, 6.07) is 4.86. The average molecular weight is 266 g/mol. The Kier molecular flexibility index (Phi) is 5.85. The molecule has 0 radical (unpaired) electrons. The van der Waals surface area contributed by atoms with E-state index in [1.54, 1.807) is 18.2 Å². The van der Waals surface area contributed by atoms with Gasteiger partial charge in [0.25, 0.3) is 0 Å². The number of carbonyl (C=O) groups is 2. The molecule has 1 aromatic rings. The quantitative estimate of drug-likeness (QED) is 0.430. The Balaban J connectivity index is 2.93. The molecule has 0 aliphatic heterocycles. The van der Waals surface area contributed by atoms with Crippen molar-refractivity contribution < 1.29 is 23.8 Å². The molecule has 0 aliphatic carbocycles. The maximum Gasteiger partial charge on any atom is 0.313 e. The Labute approximate surface area is 112 Å². The zero-order chi connectivity index (χ0) is 14.3. The van der Waals surface area contributed by atoms with Crippen molar-refractivity contribution in [3.05, 3.63) is 23.8 Å². The highest BCUT2D eigenvalue weighted by atomic mass is 16.5. The van der Waals surface area contributed by atoms with Crippen LogP contribution in [0.5, 0.6) is 11.5 Å². The molecule has 0 saturated heterocycles. The number of methoxy groups -OCH3 is 1. The molecular weight excluding hydrogens is 248 g/mol. The zero-order valence-corrected chi connectivity index (χ0v) is 11.4. The molecule has 19 heavy (non-hydrogen) atoms. The first-order chi connectivity index (χ1) is 9.12. The van der Waals surface area contributed by atoms with Crippen molar-refractivity contribution in [3.63, 3.8) is 0 Å². The van der Waals surface area contributed by atoms with Crippen molar-refractivity contribution in [1.82, 2.24) is 0 Å². The SMILES string of the molecule is CCOc1ccc(C(=O)CC(=O)OC)cc1OCC. The summed E-state index contributed by atoms with van der Waals surface area (Å²) < 4.78 is 15.3. The van der Waals surface area contributed by atoms with E-state index in [-0.39, 0.29) is 12.2 Å². The maximum absolute atomic E-state index is 11.8. The van der Waals surface area contributed by atoms with Crippen LogP contribution in [-0.4, -0.2) is 32.1 Å². The average Bonchev–Trinajstić information content (AvgIpc) is 2.41. The number of Topliss-reactive ketones (excluding diaryl/α,β-unsaturated/α-hetero) is 1. The lowest BCUT2D eigenvalue weighted by molar-refractivity contribution is -0.139. The van der Waals surface area contributed by atoms with E-state index in [0.717, 1.165) is 0 Å². The van der Waals surface area contributed by atoms with Gasteiger partial charge in [0.05, 0.1) is 20.3 Å². The lowest BCUT2D eigenvalue weighted by Crippen LogP contribution is -2.10. The Morgan fingerprint density at radius 2 is 1.68 bits per heavy atom. The third-order valence-corrected chi connectivity index (χ3v) is 2.40. The predicted octanol–water partition coefficient (Wildman–Crippen LogP) is 2.23. The molecule has 5 nitrogen and oxygen atoms in total. The Morgan fingerprint density at radius 1 is 1.05 bits per heavy atom. The summed E-state index contributed by atoms with van der Waals surface area (Å²) in [6.07, 6.45) is -0.282. The Morgan fingerprint density at radius 3 is 2.26 bits per heavy atom. The summed E-state index contributed by atoms with van der Waals surface area (Å²) in [4.78, 5) is 22.9. The number of hydrogen-bond donors (Lipinski definition) is 0. The van der Waals surface area contributed by atoms with Gasteiger partial charge in [0, 0.05) is 5.56 Å². The first-order valence-electron chi connectivity index (χ1n) is 6.12. The fraction of sp³-hybridized carbons (Fsp3) is 0.429. The molecule has 0 heterocycles. The van der Waals surface area contributed by atoms with Crippen LogP contribution in [0.1, 0.15) is 30.6 Å². The number of ketones is 1. The van der Waals surface area contributed by atoms with Gasteiger partial charge in [0.2, 0.25) is 0 Å². The number of carbonyl (C=O) groups excluding carboxylic acids is 2. The second-order valence-corrected chi connectivity index (χ2v) is 3.70. The molecule has 1 aromatic carbocycles. The molecule has 0 fully saturated rings. The van der Waals surface area contributed by atoms with E-state index in [1.807, 2.05) is 13.8 Å². The molecule has 0 aliphatic rings. The summed E-state index contributed by atoms with van der Waals surface area (Å²) in [5.74, 6) is 0.215. The van der Waals surface area contributed by atoms with Crippen LogP contribution in [0, 0.1) is 0 Å². The highest BCUT2D eigenvalue weighted by molar-refractivity contribution is 6.06. The van der Waals surface area contributed by atoms with Gasteiger partial charge in [-0.2, -0.15) is 0 Å². The number of rotatable bonds is 7. The van der Waals surface area contributed by atoms with Gasteiger partial charge >= 0.3 is 5.97 Å². The van der Waals surface area contributed by atoms with Crippen LogP contribution in [-0.2, 0) is 9.53 Å². The minimum atomic E-state index is -0.558. The van der Waals surface area contributed by atoms with Crippen LogP contribution in [0.15, 0.2) is 18.2 Å². The van der Waals surface area contributed by atoms with Crippen LogP contribution in [0.2, 0.25) is 0 Å². The van der Waals surface area contributed by atoms with E-state index in [2.05, 4.69) is 4.74 Å². The molecule has 0 saturated carbocycles. The van der Waals surface area contributed by atoms with Crippen molar-refractivity contribution in [2.75, 3.05) is 20.3 Å². The third-order valence-electron chi connectivity index (χ3n) is 2.40. The molecule has 0 spiro atoms. The molecule has 0 aromatic heterocycles. The molecule has 0 amide bonds. The Hall–Kier alpha value is -2.04. The molecular formula is C14H18O5. The standard InChI is InChI=1S/C14H18O5/c1-4-18-12-7-6-10(8-13(12)19-5-2)11(15)9-14(16)17-3/h6-8H,4-5,9H2,1-3H3. The van der Waals surface area contributed by atoms with Crippen molar-refractivity contribution >= 4 is 11.8 Å². The van der Waals surface area contributed by atoms with E-state index >= 15 is 0 Å². The van der Waals surface area contributed by atoms with Crippen LogP contribution >= 0.6 is 0 Å². The van der Waals surface area contributed by atoms with Gasteiger partial charge in [-0.25, -0.2) is 0 Å². The predicted molar refractivity (Wildman–Crippen MR) is 69.7 cm³/mol. The van der Waals surface area contributed by atoms with E-state index in [9.17, 15) is 9.59 Å². The topological polar surface area (TPSA) is 61.8 Å². The van der Waals surface area contributed by atoms with Crippen LogP contribution < -0.4 is 9.47 Å². The highest BCUT2D eigenvalue weighted by Crippen LogP contribution is 2.29. The van der Waals surface area contributed by atoms with Gasteiger partial charge < -0.3 is 14.2 Å². The smallest absolute Gasteiger partial charge is 0.313 e. The lowest BCUT2D eigenvalue weighted by Gasteiger charge is -2.11. The van der Waals surface area contributed by atoms with Crippen LogP contribution in [0.25, 0.3) is 0 Å². The second kappa shape index (κ2) is 7.41. The van der Waals surface area contributed by atoms with E-state index in [0.29, 0.717) is 30.3 Å². The van der Waals surface area contributed by atoms with Gasteiger partial charge in [0.1, 0.15) is 6.42 Å². The second-order valence-electron chi connectivity index (χ2n) is 3.70.